The smallest absolute Gasteiger partial charge is 0.262 e. The van der Waals surface area contributed by atoms with Crippen molar-refractivity contribution in [1.29, 1.82) is 0 Å². The van der Waals surface area contributed by atoms with Gasteiger partial charge in [-0.2, -0.15) is 0 Å². The number of thiophene rings is 1. The van der Waals surface area contributed by atoms with Gasteiger partial charge >= 0.3 is 0 Å². The van der Waals surface area contributed by atoms with Gasteiger partial charge in [0.05, 0.1) is 26.7 Å². The van der Waals surface area contributed by atoms with E-state index in [-0.39, 0.29) is 5.56 Å². The molecule has 5 rings (SSSR count). The molecule has 0 saturated carbocycles. The molecule has 6 nitrogen and oxygen atoms in total. The van der Waals surface area contributed by atoms with Gasteiger partial charge in [-0.15, -0.1) is 11.3 Å². The van der Waals surface area contributed by atoms with Crippen LogP contribution in [-0.4, -0.2) is 30.9 Å². The third kappa shape index (κ3) is 3.94. The van der Waals surface area contributed by atoms with Crippen molar-refractivity contribution in [3.63, 3.8) is 0 Å². The van der Waals surface area contributed by atoms with Gasteiger partial charge < -0.3 is 14.2 Å². The molecule has 0 spiro atoms. The second-order valence-electron chi connectivity index (χ2n) is 8.43. The molecule has 0 aliphatic heterocycles. The van der Waals surface area contributed by atoms with Crippen LogP contribution in [0.1, 0.15) is 28.8 Å². The second-order valence-corrected chi connectivity index (χ2v) is 9.52. The lowest BCUT2D eigenvalue weighted by Crippen LogP contribution is -2.25. The highest BCUT2D eigenvalue weighted by atomic mass is 32.1. The zero-order valence-electron chi connectivity index (χ0n) is 19.7. The summed E-state index contributed by atoms with van der Waals surface area (Å²) in [7, 11) is 4.76. The van der Waals surface area contributed by atoms with Gasteiger partial charge in [0.1, 0.15) is 10.7 Å². The second kappa shape index (κ2) is 9.50. The standard InChI is InChI=1S/C27H28N2O4S/c1-31-20-15-18(16-21(32-2)24(20)33-3)25-28-26-23(19-11-7-8-12-22(19)34-26)27(30)29(25)14-13-17-9-5-4-6-10-17/h4-6,9-10,15-16H,7-8,11-14H2,1-3H3. The number of aromatic nitrogens is 2. The Morgan fingerprint density at radius 1 is 0.971 bits per heavy atom. The number of nitrogens with zero attached hydrogens (tertiary/aromatic N) is 2. The molecular weight excluding hydrogens is 448 g/mol. The van der Waals surface area contributed by atoms with Crippen LogP contribution in [0, 0.1) is 0 Å². The van der Waals surface area contributed by atoms with Gasteiger partial charge in [0, 0.05) is 17.0 Å². The minimum atomic E-state index is 0.0316. The van der Waals surface area contributed by atoms with Crippen LogP contribution >= 0.6 is 11.3 Å². The first kappa shape index (κ1) is 22.5. The van der Waals surface area contributed by atoms with Crippen molar-refractivity contribution in [2.75, 3.05) is 21.3 Å². The molecule has 0 unspecified atom stereocenters. The SMILES string of the molecule is COc1cc(-c2nc3sc4c(c3c(=O)n2CCc2ccccc2)CCCC4)cc(OC)c1OC. The number of aryl methyl sites for hydroxylation is 3. The minimum absolute atomic E-state index is 0.0316. The summed E-state index contributed by atoms with van der Waals surface area (Å²) >= 11 is 1.66. The molecule has 0 radical (unpaired) electrons. The van der Waals surface area contributed by atoms with Crippen molar-refractivity contribution in [2.24, 2.45) is 0 Å². The molecule has 0 saturated heterocycles. The number of benzene rings is 2. The van der Waals surface area contributed by atoms with Crippen LogP contribution in [0.3, 0.4) is 0 Å². The maximum Gasteiger partial charge on any atom is 0.262 e. The number of methoxy groups -OCH3 is 3. The average molecular weight is 477 g/mol. The molecule has 2 heterocycles. The molecule has 2 aromatic heterocycles. The monoisotopic (exact) mass is 476 g/mol. The molecule has 0 amide bonds. The summed E-state index contributed by atoms with van der Waals surface area (Å²) in [6, 6.07) is 13.9. The summed E-state index contributed by atoms with van der Waals surface area (Å²) < 4.78 is 18.5. The van der Waals surface area contributed by atoms with Crippen LogP contribution in [0.2, 0.25) is 0 Å². The fourth-order valence-electron chi connectivity index (χ4n) is 4.76. The molecule has 0 bridgehead atoms. The zero-order chi connectivity index (χ0) is 23.7. The van der Waals surface area contributed by atoms with E-state index in [1.54, 1.807) is 32.7 Å². The van der Waals surface area contributed by atoms with E-state index < -0.39 is 0 Å². The highest BCUT2D eigenvalue weighted by Gasteiger charge is 2.24. The van der Waals surface area contributed by atoms with E-state index in [2.05, 4.69) is 12.1 Å². The Hall–Kier alpha value is -3.32. The van der Waals surface area contributed by atoms with E-state index in [1.165, 1.54) is 22.4 Å². The third-order valence-corrected chi connectivity index (χ3v) is 7.65. The molecule has 34 heavy (non-hydrogen) atoms. The molecule has 0 N–H and O–H groups in total. The molecule has 0 atom stereocenters. The van der Waals surface area contributed by atoms with Crippen LogP contribution in [-0.2, 0) is 25.8 Å². The molecule has 7 heteroatoms. The van der Waals surface area contributed by atoms with E-state index in [9.17, 15) is 4.79 Å². The zero-order valence-corrected chi connectivity index (χ0v) is 20.5. The summed E-state index contributed by atoms with van der Waals surface area (Å²) in [4.78, 5) is 21.1. The molecule has 176 valence electrons. The van der Waals surface area contributed by atoms with Crippen LogP contribution in [0.25, 0.3) is 21.6 Å². The lowest BCUT2D eigenvalue weighted by Gasteiger charge is -2.17. The van der Waals surface area contributed by atoms with Crippen molar-refractivity contribution < 1.29 is 14.2 Å². The first-order valence-corrected chi connectivity index (χ1v) is 12.4. The van der Waals surface area contributed by atoms with Crippen LogP contribution in [0.4, 0.5) is 0 Å². The van der Waals surface area contributed by atoms with Crippen LogP contribution < -0.4 is 19.8 Å². The van der Waals surface area contributed by atoms with E-state index in [1.807, 2.05) is 34.9 Å². The van der Waals surface area contributed by atoms with Gasteiger partial charge in [0.2, 0.25) is 5.75 Å². The molecule has 1 aliphatic rings. The van der Waals surface area contributed by atoms with E-state index >= 15 is 0 Å². The van der Waals surface area contributed by atoms with Gasteiger partial charge in [-0.05, 0) is 55.4 Å². The summed E-state index contributed by atoms with van der Waals surface area (Å²) in [5, 5.41) is 0.795. The van der Waals surface area contributed by atoms with Gasteiger partial charge in [-0.1, -0.05) is 30.3 Å². The Morgan fingerprint density at radius 2 is 1.68 bits per heavy atom. The van der Waals surface area contributed by atoms with Crippen molar-refractivity contribution in [3.05, 3.63) is 68.8 Å². The molecule has 2 aromatic carbocycles. The number of ether oxygens (including phenoxy) is 3. The van der Waals surface area contributed by atoms with E-state index in [4.69, 9.17) is 19.2 Å². The average Bonchev–Trinajstić information content (AvgIpc) is 3.26. The number of fused-ring (bicyclic) bond motifs is 3. The molecule has 0 fully saturated rings. The lowest BCUT2D eigenvalue weighted by atomic mass is 9.97. The van der Waals surface area contributed by atoms with Gasteiger partial charge in [-0.25, -0.2) is 4.98 Å². The Labute approximate surface area is 202 Å². The predicted octanol–water partition coefficient (Wildman–Crippen LogP) is 5.27. The van der Waals surface area contributed by atoms with Crippen molar-refractivity contribution in [2.45, 2.75) is 38.6 Å². The topological polar surface area (TPSA) is 62.6 Å². The number of hydrogen-bond acceptors (Lipinski definition) is 6. The fraction of sp³-hybridized carbons (Fsp3) is 0.333. The molecule has 4 aromatic rings. The van der Waals surface area contributed by atoms with Crippen molar-refractivity contribution in [3.8, 4) is 28.6 Å². The van der Waals surface area contributed by atoms with Gasteiger partial charge in [-0.3, -0.25) is 9.36 Å². The third-order valence-electron chi connectivity index (χ3n) is 6.46. The summed E-state index contributed by atoms with van der Waals surface area (Å²) in [6.45, 7) is 0.530. The normalized spacial score (nSPS) is 13.0. The first-order chi connectivity index (χ1) is 16.6. The maximum atomic E-state index is 14.0. The maximum absolute atomic E-state index is 14.0. The largest absolute Gasteiger partial charge is 0.493 e. The van der Waals surface area contributed by atoms with Crippen molar-refractivity contribution in [1.82, 2.24) is 9.55 Å². The Bertz CT molecular complexity index is 1370. The first-order valence-electron chi connectivity index (χ1n) is 11.5. The Kier molecular flexibility index (Phi) is 6.28. The number of hydrogen-bond donors (Lipinski definition) is 0. The molecular formula is C27H28N2O4S. The molecule has 1 aliphatic carbocycles. The summed E-state index contributed by atoms with van der Waals surface area (Å²) in [6.07, 6.45) is 5.00. The highest BCUT2D eigenvalue weighted by Crippen LogP contribution is 2.41. The summed E-state index contributed by atoms with van der Waals surface area (Å²) in [5.74, 6) is 2.20. The van der Waals surface area contributed by atoms with Crippen molar-refractivity contribution >= 4 is 21.6 Å². The Morgan fingerprint density at radius 3 is 2.35 bits per heavy atom. The lowest BCUT2D eigenvalue weighted by molar-refractivity contribution is 0.324. The Balaban J connectivity index is 1.72. The van der Waals surface area contributed by atoms with Crippen LogP contribution in [0.5, 0.6) is 17.2 Å². The van der Waals surface area contributed by atoms with Crippen LogP contribution in [0.15, 0.2) is 47.3 Å². The van der Waals surface area contributed by atoms with E-state index in [0.717, 1.165) is 41.5 Å². The number of rotatable bonds is 7. The fourth-order valence-corrected chi connectivity index (χ4v) is 6.01. The van der Waals surface area contributed by atoms with Gasteiger partial charge in [0.15, 0.2) is 11.5 Å². The summed E-state index contributed by atoms with van der Waals surface area (Å²) in [5.41, 5.74) is 3.17. The predicted molar refractivity (Wildman–Crippen MR) is 136 cm³/mol. The van der Waals surface area contributed by atoms with Gasteiger partial charge in [0.25, 0.3) is 5.56 Å². The minimum Gasteiger partial charge on any atom is -0.493 e. The highest BCUT2D eigenvalue weighted by molar-refractivity contribution is 7.18. The van der Waals surface area contributed by atoms with E-state index in [0.29, 0.717) is 29.6 Å². The quantitative estimate of drug-likeness (QED) is 0.364.